The molecule has 1 aromatic rings. The van der Waals surface area contributed by atoms with Gasteiger partial charge >= 0.3 is 0 Å². The molecule has 3 nitrogen and oxygen atoms in total. The molecule has 0 bridgehead atoms. The van der Waals surface area contributed by atoms with Gasteiger partial charge in [0, 0.05) is 6.42 Å². The molecule has 1 heterocycles. The summed E-state index contributed by atoms with van der Waals surface area (Å²) in [4.78, 5) is 0. The first-order valence-corrected chi connectivity index (χ1v) is 6.81. The van der Waals surface area contributed by atoms with E-state index in [0.717, 1.165) is 31.6 Å². The Labute approximate surface area is 108 Å². The van der Waals surface area contributed by atoms with Crippen molar-refractivity contribution in [1.29, 1.82) is 0 Å². The lowest BCUT2D eigenvalue weighted by atomic mass is 9.99. The van der Waals surface area contributed by atoms with Crippen LogP contribution in [0.2, 0.25) is 0 Å². The van der Waals surface area contributed by atoms with Crippen molar-refractivity contribution in [2.75, 3.05) is 6.61 Å². The van der Waals surface area contributed by atoms with Gasteiger partial charge in [-0.3, -0.25) is 0 Å². The van der Waals surface area contributed by atoms with Crippen LogP contribution < -0.4 is 4.74 Å². The van der Waals surface area contributed by atoms with E-state index >= 15 is 0 Å². The number of aliphatic hydroxyl groups is 2. The zero-order valence-corrected chi connectivity index (χ0v) is 10.9. The fraction of sp³-hybridized carbons (Fsp3) is 0.600. The zero-order chi connectivity index (χ0) is 13.0. The van der Waals surface area contributed by atoms with E-state index in [0.29, 0.717) is 12.8 Å². The van der Waals surface area contributed by atoms with E-state index in [1.165, 1.54) is 11.1 Å². The molecule has 1 aliphatic rings. The minimum Gasteiger partial charge on any atom is -0.493 e. The molecule has 3 heteroatoms. The summed E-state index contributed by atoms with van der Waals surface area (Å²) in [5, 5.41) is 19.5. The molecule has 0 radical (unpaired) electrons. The molecule has 0 aliphatic carbocycles. The molecule has 0 amide bonds. The molecule has 1 aromatic carbocycles. The third-order valence-electron chi connectivity index (χ3n) is 3.51. The smallest absolute Gasteiger partial charge is 0.122 e. The van der Waals surface area contributed by atoms with Crippen LogP contribution in [0.4, 0.5) is 0 Å². The van der Waals surface area contributed by atoms with Crippen molar-refractivity contribution in [3.8, 4) is 5.75 Å². The summed E-state index contributed by atoms with van der Waals surface area (Å²) in [6, 6.07) is 6.21. The van der Waals surface area contributed by atoms with Gasteiger partial charge in [-0.05, 0) is 36.5 Å². The molecule has 0 saturated heterocycles. The maximum Gasteiger partial charge on any atom is 0.122 e. The van der Waals surface area contributed by atoms with Gasteiger partial charge in [0.25, 0.3) is 0 Å². The highest BCUT2D eigenvalue weighted by Gasteiger charge is 2.16. The molecular formula is C15H22O3. The second kappa shape index (κ2) is 6.21. The molecule has 18 heavy (non-hydrogen) atoms. The summed E-state index contributed by atoms with van der Waals surface area (Å²) in [7, 11) is 0. The molecule has 2 unspecified atom stereocenters. The zero-order valence-electron chi connectivity index (χ0n) is 10.9. The van der Waals surface area contributed by atoms with E-state index in [1.807, 2.05) is 19.1 Å². The van der Waals surface area contributed by atoms with Crippen molar-refractivity contribution in [2.45, 2.75) is 51.2 Å². The Morgan fingerprint density at radius 3 is 2.78 bits per heavy atom. The average molecular weight is 250 g/mol. The normalized spacial score (nSPS) is 17.1. The van der Waals surface area contributed by atoms with E-state index < -0.39 is 12.2 Å². The number of ether oxygens (including phenoxy) is 1. The molecular weight excluding hydrogens is 228 g/mol. The quantitative estimate of drug-likeness (QED) is 0.812. The van der Waals surface area contributed by atoms with Crippen LogP contribution in [0, 0.1) is 0 Å². The third-order valence-corrected chi connectivity index (χ3v) is 3.51. The van der Waals surface area contributed by atoms with Crippen molar-refractivity contribution < 1.29 is 14.9 Å². The van der Waals surface area contributed by atoms with E-state index in [4.69, 9.17) is 4.74 Å². The molecule has 2 N–H and O–H groups in total. The summed E-state index contributed by atoms with van der Waals surface area (Å²) < 4.78 is 5.46. The van der Waals surface area contributed by atoms with Crippen LogP contribution in [0.1, 0.15) is 37.3 Å². The van der Waals surface area contributed by atoms with Gasteiger partial charge < -0.3 is 14.9 Å². The second-order valence-corrected chi connectivity index (χ2v) is 5.00. The van der Waals surface area contributed by atoms with Crippen LogP contribution in [0.3, 0.4) is 0 Å². The molecule has 2 atom stereocenters. The van der Waals surface area contributed by atoms with E-state index in [2.05, 4.69) is 6.07 Å². The highest BCUT2D eigenvalue weighted by molar-refractivity contribution is 5.39. The number of rotatable bonds is 6. The Morgan fingerprint density at radius 1 is 1.22 bits per heavy atom. The van der Waals surface area contributed by atoms with Crippen LogP contribution in [0.25, 0.3) is 0 Å². The first-order chi connectivity index (χ1) is 8.70. The van der Waals surface area contributed by atoms with Crippen LogP contribution in [-0.2, 0) is 12.8 Å². The molecule has 0 fully saturated rings. The second-order valence-electron chi connectivity index (χ2n) is 5.00. The number of hydrogen-bond acceptors (Lipinski definition) is 3. The maximum atomic E-state index is 9.83. The minimum atomic E-state index is -0.616. The van der Waals surface area contributed by atoms with Crippen molar-refractivity contribution in [1.82, 2.24) is 0 Å². The molecule has 1 aliphatic heterocycles. The standard InChI is InChI=1S/C15H22O3/c1-2-3-13(16)14(17)6-4-11-5-7-15-12(10-11)8-9-18-15/h5,7,10,13-14,16-17H,2-4,6,8-9H2,1H3. The van der Waals surface area contributed by atoms with Gasteiger partial charge in [-0.25, -0.2) is 0 Å². The van der Waals surface area contributed by atoms with Crippen LogP contribution in [-0.4, -0.2) is 29.0 Å². The number of hydrogen-bond donors (Lipinski definition) is 2. The van der Waals surface area contributed by atoms with E-state index in [9.17, 15) is 10.2 Å². The lowest BCUT2D eigenvalue weighted by Crippen LogP contribution is -2.26. The Bertz CT molecular complexity index is 389. The summed E-state index contributed by atoms with van der Waals surface area (Å²) in [5.41, 5.74) is 2.47. The predicted molar refractivity (Wildman–Crippen MR) is 70.9 cm³/mol. The third kappa shape index (κ3) is 3.24. The average Bonchev–Trinajstić information content (AvgIpc) is 2.83. The predicted octanol–water partition coefficient (Wildman–Crippen LogP) is 2.08. The molecule has 100 valence electrons. The number of aryl methyl sites for hydroxylation is 1. The summed E-state index contributed by atoms with van der Waals surface area (Å²) in [6.45, 7) is 2.78. The SMILES string of the molecule is CCCC(O)C(O)CCc1ccc2c(c1)CCO2. The minimum absolute atomic E-state index is 0.590. The Hall–Kier alpha value is -1.06. The van der Waals surface area contributed by atoms with Gasteiger partial charge in [0.2, 0.25) is 0 Å². The summed E-state index contributed by atoms with van der Waals surface area (Å²) in [5.74, 6) is 0.991. The highest BCUT2D eigenvalue weighted by Crippen LogP contribution is 2.26. The first kappa shape index (κ1) is 13.4. The van der Waals surface area contributed by atoms with E-state index in [-0.39, 0.29) is 0 Å². The molecule has 0 saturated carbocycles. The Morgan fingerprint density at radius 2 is 2.00 bits per heavy atom. The fourth-order valence-corrected chi connectivity index (χ4v) is 2.39. The van der Waals surface area contributed by atoms with Gasteiger partial charge in [-0.15, -0.1) is 0 Å². The summed E-state index contributed by atoms with van der Waals surface area (Å²) in [6.07, 6.45) is 2.75. The number of fused-ring (bicyclic) bond motifs is 1. The molecule has 0 spiro atoms. The van der Waals surface area contributed by atoms with Gasteiger partial charge in [-0.2, -0.15) is 0 Å². The lowest BCUT2D eigenvalue weighted by molar-refractivity contribution is 0.00980. The monoisotopic (exact) mass is 250 g/mol. The van der Waals surface area contributed by atoms with Crippen LogP contribution in [0.15, 0.2) is 18.2 Å². The van der Waals surface area contributed by atoms with Gasteiger partial charge in [0.15, 0.2) is 0 Å². The van der Waals surface area contributed by atoms with Gasteiger partial charge in [0.05, 0.1) is 18.8 Å². The van der Waals surface area contributed by atoms with Gasteiger partial charge in [0.1, 0.15) is 5.75 Å². The largest absolute Gasteiger partial charge is 0.493 e. The van der Waals surface area contributed by atoms with Crippen molar-refractivity contribution in [2.24, 2.45) is 0 Å². The van der Waals surface area contributed by atoms with Crippen molar-refractivity contribution in [3.05, 3.63) is 29.3 Å². The van der Waals surface area contributed by atoms with Crippen molar-refractivity contribution in [3.63, 3.8) is 0 Å². The molecule has 2 rings (SSSR count). The molecule has 0 aromatic heterocycles. The topological polar surface area (TPSA) is 49.7 Å². The van der Waals surface area contributed by atoms with E-state index in [1.54, 1.807) is 0 Å². The lowest BCUT2D eigenvalue weighted by Gasteiger charge is -2.17. The first-order valence-electron chi connectivity index (χ1n) is 6.81. The maximum absolute atomic E-state index is 9.83. The summed E-state index contributed by atoms with van der Waals surface area (Å²) >= 11 is 0. The fourth-order valence-electron chi connectivity index (χ4n) is 2.39. The van der Waals surface area contributed by atoms with Crippen molar-refractivity contribution >= 4 is 0 Å². The highest BCUT2D eigenvalue weighted by atomic mass is 16.5. The number of benzene rings is 1. The Kier molecular flexibility index (Phi) is 4.61. The van der Waals surface area contributed by atoms with Gasteiger partial charge in [-0.1, -0.05) is 25.5 Å². The van der Waals surface area contributed by atoms with Crippen LogP contribution >= 0.6 is 0 Å². The Balaban J connectivity index is 1.86. The number of aliphatic hydroxyl groups excluding tert-OH is 2. The van der Waals surface area contributed by atoms with Crippen LogP contribution in [0.5, 0.6) is 5.75 Å².